The van der Waals surface area contributed by atoms with Crippen LogP contribution in [0.4, 0.5) is 0 Å². The molecule has 25 heavy (non-hydrogen) atoms. The summed E-state index contributed by atoms with van der Waals surface area (Å²) in [6.07, 6.45) is 1.41. The van der Waals surface area contributed by atoms with Crippen LogP contribution in [0.5, 0.6) is 5.88 Å². The van der Waals surface area contributed by atoms with Gasteiger partial charge < -0.3 is 14.0 Å². The van der Waals surface area contributed by atoms with Gasteiger partial charge in [0.25, 0.3) is 0 Å². The lowest BCUT2D eigenvalue weighted by Gasteiger charge is -2.08. The molecule has 7 heteroatoms. The first-order valence-electron chi connectivity index (χ1n) is 7.47. The Morgan fingerprint density at radius 2 is 2.04 bits per heavy atom. The maximum Gasteiger partial charge on any atom is 0.339 e. The normalized spacial score (nSPS) is 10.5. The monoisotopic (exact) mass is 402 g/mol. The molecule has 6 nitrogen and oxygen atoms in total. The van der Waals surface area contributed by atoms with E-state index in [-0.39, 0.29) is 6.61 Å². The topological polar surface area (TPSA) is 74.5 Å². The number of esters is 1. The maximum atomic E-state index is 11.5. The molecule has 0 amide bonds. The molecule has 2 aromatic heterocycles. The van der Waals surface area contributed by atoms with Crippen molar-refractivity contribution < 1.29 is 18.8 Å². The summed E-state index contributed by atoms with van der Waals surface area (Å²) in [4.78, 5) is 15.7. The van der Waals surface area contributed by atoms with E-state index in [1.54, 1.807) is 6.07 Å². The predicted molar refractivity (Wildman–Crippen MR) is 94.3 cm³/mol. The van der Waals surface area contributed by atoms with E-state index in [0.717, 1.165) is 16.8 Å². The van der Waals surface area contributed by atoms with Gasteiger partial charge >= 0.3 is 5.97 Å². The molecule has 0 aliphatic heterocycles. The first kappa shape index (κ1) is 17.2. The number of halogens is 1. The second kappa shape index (κ2) is 7.48. The van der Waals surface area contributed by atoms with Crippen molar-refractivity contribution in [3.05, 3.63) is 64.0 Å². The van der Waals surface area contributed by atoms with Gasteiger partial charge in [-0.3, -0.25) is 0 Å². The Hall–Kier alpha value is -2.67. The summed E-state index contributed by atoms with van der Waals surface area (Å²) in [5, 5.41) is 4.12. The van der Waals surface area contributed by atoms with Crippen LogP contribution in [0, 0.1) is 6.92 Å². The molecule has 0 fully saturated rings. The lowest BCUT2D eigenvalue weighted by Crippen LogP contribution is -2.04. The van der Waals surface area contributed by atoms with E-state index in [4.69, 9.17) is 9.26 Å². The van der Waals surface area contributed by atoms with Crippen molar-refractivity contribution in [3.8, 4) is 17.1 Å². The van der Waals surface area contributed by atoms with Crippen molar-refractivity contribution in [2.75, 3.05) is 7.11 Å². The molecule has 0 bridgehead atoms. The molecule has 0 unspecified atom stereocenters. The number of aryl methyl sites for hydroxylation is 1. The Morgan fingerprint density at radius 3 is 2.72 bits per heavy atom. The molecular formula is C18H15BrN2O4. The second-order valence-electron chi connectivity index (χ2n) is 5.22. The van der Waals surface area contributed by atoms with Gasteiger partial charge in [0.1, 0.15) is 18.1 Å². The molecule has 0 saturated carbocycles. The van der Waals surface area contributed by atoms with Crippen LogP contribution in [0.3, 0.4) is 0 Å². The van der Waals surface area contributed by atoms with Gasteiger partial charge in [0.05, 0.1) is 22.7 Å². The average molecular weight is 403 g/mol. The zero-order valence-electron chi connectivity index (χ0n) is 13.7. The Labute approximate surface area is 152 Å². The van der Waals surface area contributed by atoms with Gasteiger partial charge in [0, 0.05) is 11.8 Å². The van der Waals surface area contributed by atoms with E-state index < -0.39 is 5.97 Å². The van der Waals surface area contributed by atoms with Crippen LogP contribution in [0.25, 0.3) is 11.3 Å². The van der Waals surface area contributed by atoms with Crippen molar-refractivity contribution in [1.29, 1.82) is 0 Å². The minimum Gasteiger partial charge on any atom is -0.472 e. The number of methoxy groups -OCH3 is 1. The van der Waals surface area contributed by atoms with E-state index in [0.29, 0.717) is 21.7 Å². The highest BCUT2D eigenvalue weighted by Crippen LogP contribution is 2.28. The summed E-state index contributed by atoms with van der Waals surface area (Å²) in [5.74, 6) is 0.592. The molecule has 0 aliphatic carbocycles. The number of benzene rings is 1. The minimum atomic E-state index is -0.457. The van der Waals surface area contributed by atoms with Crippen LogP contribution < -0.4 is 4.74 Å². The third kappa shape index (κ3) is 3.71. The SMILES string of the molecule is COC(=O)c1cnc(OCc2c(-c3ccccc3)noc2C)c(Br)c1. The summed E-state index contributed by atoms with van der Waals surface area (Å²) in [6.45, 7) is 2.07. The van der Waals surface area contributed by atoms with Gasteiger partial charge in [-0.25, -0.2) is 9.78 Å². The van der Waals surface area contributed by atoms with Gasteiger partial charge in [-0.1, -0.05) is 35.5 Å². The fourth-order valence-electron chi connectivity index (χ4n) is 2.29. The number of aromatic nitrogens is 2. The molecule has 0 spiro atoms. The lowest BCUT2D eigenvalue weighted by molar-refractivity contribution is 0.0600. The van der Waals surface area contributed by atoms with E-state index in [9.17, 15) is 4.79 Å². The molecule has 0 saturated heterocycles. The number of ether oxygens (including phenoxy) is 2. The first-order valence-corrected chi connectivity index (χ1v) is 8.26. The Bertz CT molecular complexity index is 893. The lowest BCUT2D eigenvalue weighted by atomic mass is 10.1. The largest absolute Gasteiger partial charge is 0.472 e. The average Bonchev–Trinajstić information content (AvgIpc) is 3.01. The van der Waals surface area contributed by atoms with Gasteiger partial charge in [-0.15, -0.1) is 0 Å². The fourth-order valence-corrected chi connectivity index (χ4v) is 2.75. The zero-order chi connectivity index (χ0) is 17.8. The highest BCUT2D eigenvalue weighted by molar-refractivity contribution is 9.10. The molecule has 0 atom stereocenters. The van der Waals surface area contributed by atoms with Gasteiger partial charge in [0.15, 0.2) is 0 Å². The maximum absolute atomic E-state index is 11.5. The minimum absolute atomic E-state index is 0.239. The summed E-state index contributed by atoms with van der Waals surface area (Å²) < 4.78 is 16.3. The number of hydrogen-bond acceptors (Lipinski definition) is 6. The van der Waals surface area contributed by atoms with Crippen LogP contribution in [0.2, 0.25) is 0 Å². The molecule has 0 radical (unpaired) electrons. The molecule has 3 aromatic rings. The second-order valence-corrected chi connectivity index (χ2v) is 6.08. The standard InChI is InChI=1S/C18H15BrN2O4/c1-11-14(16(21-25-11)12-6-4-3-5-7-12)10-24-17-15(19)8-13(9-20-17)18(22)23-2/h3-9H,10H2,1-2H3. The van der Waals surface area contributed by atoms with E-state index >= 15 is 0 Å². The Morgan fingerprint density at radius 1 is 1.28 bits per heavy atom. The molecule has 3 rings (SSSR count). The van der Waals surface area contributed by atoms with Crippen LogP contribution in [0.1, 0.15) is 21.7 Å². The first-order chi connectivity index (χ1) is 12.1. The molecule has 1 aromatic carbocycles. The highest BCUT2D eigenvalue weighted by Gasteiger charge is 2.17. The molecular weight excluding hydrogens is 388 g/mol. The van der Waals surface area contributed by atoms with Crippen molar-refractivity contribution in [1.82, 2.24) is 10.1 Å². The Kier molecular flexibility index (Phi) is 5.14. The quantitative estimate of drug-likeness (QED) is 0.596. The number of carbonyl (C=O) groups is 1. The summed E-state index contributed by atoms with van der Waals surface area (Å²) in [7, 11) is 1.32. The van der Waals surface area contributed by atoms with Crippen molar-refractivity contribution in [2.45, 2.75) is 13.5 Å². The van der Waals surface area contributed by atoms with Crippen molar-refractivity contribution in [3.63, 3.8) is 0 Å². The highest BCUT2D eigenvalue weighted by atomic mass is 79.9. The zero-order valence-corrected chi connectivity index (χ0v) is 15.2. The molecule has 0 N–H and O–H groups in total. The van der Waals surface area contributed by atoms with E-state index in [1.807, 2.05) is 37.3 Å². The van der Waals surface area contributed by atoms with Crippen LogP contribution in [-0.2, 0) is 11.3 Å². The number of nitrogens with zero attached hydrogens (tertiary/aromatic N) is 2. The van der Waals surface area contributed by atoms with Crippen LogP contribution in [0.15, 0.2) is 51.6 Å². The van der Waals surface area contributed by atoms with Gasteiger partial charge in [0.2, 0.25) is 5.88 Å². The van der Waals surface area contributed by atoms with Crippen LogP contribution >= 0.6 is 15.9 Å². The van der Waals surface area contributed by atoms with E-state index in [1.165, 1.54) is 13.3 Å². The number of carbonyl (C=O) groups excluding carboxylic acids is 1. The predicted octanol–water partition coefficient (Wildman–Crippen LogP) is 4.17. The summed E-state index contributed by atoms with van der Waals surface area (Å²) >= 11 is 3.36. The molecule has 0 aliphatic rings. The summed E-state index contributed by atoms with van der Waals surface area (Å²) in [5.41, 5.74) is 2.87. The van der Waals surface area contributed by atoms with E-state index in [2.05, 4.69) is 30.8 Å². The van der Waals surface area contributed by atoms with Gasteiger partial charge in [-0.2, -0.15) is 0 Å². The molecule has 2 heterocycles. The van der Waals surface area contributed by atoms with Crippen molar-refractivity contribution in [2.24, 2.45) is 0 Å². The molecule has 128 valence electrons. The number of pyridine rings is 1. The third-order valence-electron chi connectivity index (χ3n) is 3.61. The van der Waals surface area contributed by atoms with Gasteiger partial charge in [-0.05, 0) is 28.9 Å². The number of hydrogen-bond donors (Lipinski definition) is 0. The number of rotatable bonds is 5. The Balaban J connectivity index is 1.81. The summed E-state index contributed by atoms with van der Waals surface area (Å²) in [6, 6.07) is 11.3. The fraction of sp³-hybridized carbons (Fsp3) is 0.167. The third-order valence-corrected chi connectivity index (χ3v) is 4.18. The smallest absolute Gasteiger partial charge is 0.339 e. The van der Waals surface area contributed by atoms with Crippen molar-refractivity contribution >= 4 is 21.9 Å². The van der Waals surface area contributed by atoms with Crippen LogP contribution in [-0.4, -0.2) is 23.2 Å².